The highest BCUT2D eigenvalue weighted by atomic mass is 16.5. The number of carbonyl (C=O) groups excluding carboxylic acids is 2. The van der Waals surface area contributed by atoms with Crippen molar-refractivity contribution in [2.75, 3.05) is 6.61 Å². The van der Waals surface area contributed by atoms with Gasteiger partial charge in [-0.1, -0.05) is 36.4 Å². The summed E-state index contributed by atoms with van der Waals surface area (Å²) in [6, 6.07) is 15.9. The van der Waals surface area contributed by atoms with Gasteiger partial charge in [0.15, 0.2) is 5.69 Å². The summed E-state index contributed by atoms with van der Waals surface area (Å²) in [7, 11) is 0. The van der Waals surface area contributed by atoms with Gasteiger partial charge in [0.1, 0.15) is 5.75 Å². The number of para-hydroxylation sites is 1. The van der Waals surface area contributed by atoms with E-state index in [1.54, 1.807) is 24.3 Å². The van der Waals surface area contributed by atoms with Gasteiger partial charge in [-0.2, -0.15) is 5.10 Å². The molecule has 138 valence electrons. The molecule has 0 bridgehead atoms. The monoisotopic (exact) mass is 366 g/mol. The number of hydrogen-bond acceptors (Lipinski definition) is 5. The number of H-pyrrole nitrogens is 1. The van der Waals surface area contributed by atoms with Crippen molar-refractivity contribution in [1.29, 1.82) is 0 Å². The predicted molar refractivity (Wildman–Crippen MR) is 99.1 cm³/mol. The van der Waals surface area contributed by atoms with E-state index in [0.29, 0.717) is 23.8 Å². The average molecular weight is 366 g/mol. The van der Waals surface area contributed by atoms with E-state index in [2.05, 4.69) is 21.0 Å². The van der Waals surface area contributed by atoms with Crippen LogP contribution in [0.5, 0.6) is 5.75 Å². The minimum atomic E-state index is -0.615. The summed E-state index contributed by atoms with van der Waals surface area (Å²) in [5.41, 5.74) is 4.28. The first kappa shape index (κ1) is 18.1. The van der Waals surface area contributed by atoms with E-state index in [9.17, 15) is 14.4 Å². The van der Waals surface area contributed by atoms with Crippen molar-refractivity contribution in [3.05, 3.63) is 70.6 Å². The van der Waals surface area contributed by atoms with Crippen molar-refractivity contribution in [2.45, 2.75) is 12.8 Å². The van der Waals surface area contributed by atoms with Gasteiger partial charge in [0.25, 0.3) is 11.5 Å². The zero-order chi connectivity index (χ0) is 19.1. The lowest BCUT2D eigenvalue weighted by atomic mass is 10.1. The first-order chi connectivity index (χ1) is 13.1. The molecule has 3 N–H and O–H groups in total. The number of fused-ring (bicyclic) bond motifs is 1. The maximum atomic E-state index is 12.3. The van der Waals surface area contributed by atoms with Crippen molar-refractivity contribution >= 4 is 22.6 Å². The van der Waals surface area contributed by atoms with Gasteiger partial charge < -0.3 is 4.74 Å². The third-order valence-electron chi connectivity index (χ3n) is 3.79. The summed E-state index contributed by atoms with van der Waals surface area (Å²) >= 11 is 0. The first-order valence-corrected chi connectivity index (χ1v) is 8.39. The summed E-state index contributed by atoms with van der Waals surface area (Å²) in [6.45, 7) is 0.386. The Morgan fingerprint density at radius 3 is 2.44 bits per heavy atom. The van der Waals surface area contributed by atoms with Gasteiger partial charge in [0.05, 0.1) is 12.0 Å². The zero-order valence-electron chi connectivity index (χ0n) is 14.4. The number of nitrogens with one attached hydrogen (secondary N) is 3. The van der Waals surface area contributed by atoms with Gasteiger partial charge in [0.2, 0.25) is 5.91 Å². The number of hydrazine groups is 1. The number of rotatable bonds is 6. The largest absolute Gasteiger partial charge is 0.494 e. The summed E-state index contributed by atoms with van der Waals surface area (Å²) in [5.74, 6) is -0.229. The van der Waals surface area contributed by atoms with Crippen LogP contribution in [0.4, 0.5) is 0 Å². The zero-order valence-corrected chi connectivity index (χ0v) is 14.4. The van der Waals surface area contributed by atoms with Gasteiger partial charge >= 0.3 is 0 Å². The van der Waals surface area contributed by atoms with Crippen LogP contribution in [0.15, 0.2) is 59.4 Å². The van der Waals surface area contributed by atoms with Crippen LogP contribution < -0.4 is 21.1 Å². The van der Waals surface area contributed by atoms with Gasteiger partial charge in [-0.15, -0.1) is 0 Å². The number of carbonyl (C=O) groups is 2. The molecule has 1 heterocycles. The van der Waals surface area contributed by atoms with E-state index in [1.165, 1.54) is 0 Å². The minimum absolute atomic E-state index is 0.0258. The second-order valence-electron chi connectivity index (χ2n) is 5.71. The van der Waals surface area contributed by atoms with E-state index < -0.39 is 5.91 Å². The van der Waals surface area contributed by atoms with Crippen LogP contribution in [0, 0.1) is 0 Å². The SMILES string of the molecule is O=C(CCCOc1ccccc1)NNC(=O)c1n[nH]c(=O)c2ccccc12. The Bertz CT molecular complexity index is 1000. The molecule has 2 amide bonds. The van der Waals surface area contributed by atoms with Crippen molar-refractivity contribution in [1.82, 2.24) is 21.0 Å². The summed E-state index contributed by atoms with van der Waals surface area (Å²) < 4.78 is 5.50. The van der Waals surface area contributed by atoms with Gasteiger partial charge in [-0.25, -0.2) is 5.10 Å². The van der Waals surface area contributed by atoms with Crippen LogP contribution in [0.2, 0.25) is 0 Å². The van der Waals surface area contributed by atoms with Gasteiger partial charge in [-0.05, 0) is 24.6 Å². The molecule has 0 radical (unpaired) electrons. The van der Waals surface area contributed by atoms with Crippen molar-refractivity contribution < 1.29 is 14.3 Å². The Hall–Kier alpha value is -3.68. The third-order valence-corrected chi connectivity index (χ3v) is 3.79. The number of ether oxygens (including phenoxy) is 1. The maximum Gasteiger partial charge on any atom is 0.290 e. The van der Waals surface area contributed by atoms with E-state index >= 15 is 0 Å². The molecule has 3 aromatic rings. The second kappa shape index (κ2) is 8.61. The van der Waals surface area contributed by atoms with Crippen molar-refractivity contribution in [3.63, 3.8) is 0 Å². The van der Waals surface area contributed by atoms with Crippen LogP contribution in [0.1, 0.15) is 23.3 Å². The maximum absolute atomic E-state index is 12.3. The molecular weight excluding hydrogens is 348 g/mol. The fraction of sp³-hybridized carbons (Fsp3) is 0.158. The fourth-order valence-corrected chi connectivity index (χ4v) is 2.48. The van der Waals surface area contributed by atoms with E-state index in [4.69, 9.17) is 4.74 Å². The van der Waals surface area contributed by atoms with E-state index in [1.807, 2.05) is 30.3 Å². The molecule has 2 aromatic carbocycles. The Labute approximate surface area is 154 Å². The molecule has 0 unspecified atom stereocenters. The summed E-state index contributed by atoms with van der Waals surface area (Å²) in [4.78, 5) is 35.8. The molecule has 0 aliphatic rings. The van der Waals surface area contributed by atoms with Crippen LogP contribution in [-0.2, 0) is 4.79 Å². The molecular formula is C19H18N4O4. The molecule has 8 heteroatoms. The molecule has 0 fully saturated rings. The number of aromatic amines is 1. The number of amides is 2. The van der Waals surface area contributed by atoms with Crippen LogP contribution >= 0.6 is 0 Å². The Kier molecular flexibility index (Phi) is 5.78. The Morgan fingerprint density at radius 1 is 0.963 bits per heavy atom. The Morgan fingerprint density at radius 2 is 1.67 bits per heavy atom. The summed E-state index contributed by atoms with van der Waals surface area (Å²) in [6.07, 6.45) is 0.684. The Balaban J connectivity index is 1.48. The highest BCUT2D eigenvalue weighted by Gasteiger charge is 2.14. The lowest BCUT2D eigenvalue weighted by molar-refractivity contribution is -0.122. The van der Waals surface area contributed by atoms with Gasteiger partial charge in [-0.3, -0.25) is 25.2 Å². The molecule has 0 atom stereocenters. The normalized spacial score (nSPS) is 10.4. The fourth-order valence-electron chi connectivity index (χ4n) is 2.48. The first-order valence-electron chi connectivity index (χ1n) is 8.39. The smallest absolute Gasteiger partial charge is 0.290 e. The molecule has 1 aromatic heterocycles. The van der Waals surface area contributed by atoms with Crippen LogP contribution in [-0.4, -0.2) is 28.6 Å². The molecule has 3 rings (SSSR count). The van der Waals surface area contributed by atoms with E-state index in [-0.39, 0.29) is 23.6 Å². The number of hydrogen-bond donors (Lipinski definition) is 3. The molecule has 0 saturated heterocycles. The highest BCUT2D eigenvalue weighted by molar-refractivity contribution is 6.05. The third kappa shape index (κ3) is 4.69. The predicted octanol–water partition coefficient (Wildman–Crippen LogP) is 1.54. The number of aromatic nitrogens is 2. The quantitative estimate of drug-likeness (QED) is 0.452. The molecule has 0 aliphatic heterocycles. The van der Waals surface area contributed by atoms with Crippen LogP contribution in [0.3, 0.4) is 0 Å². The molecule has 27 heavy (non-hydrogen) atoms. The molecule has 0 aliphatic carbocycles. The van der Waals surface area contributed by atoms with Crippen molar-refractivity contribution in [2.24, 2.45) is 0 Å². The lowest BCUT2D eigenvalue weighted by Gasteiger charge is -2.09. The second-order valence-corrected chi connectivity index (χ2v) is 5.71. The van der Waals surface area contributed by atoms with Crippen LogP contribution in [0.25, 0.3) is 10.8 Å². The summed E-state index contributed by atoms with van der Waals surface area (Å²) in [5, 5.41) is 6.80. The average Bonchev–Trinajstić information content (AvgIpc) is 2.71. The minimum Gasteiger partial charge on any atom is -0.494 e. The number of nitrogens with zero attached hydrogens (tertiary/aromatic N) is 1. The molecule has 8 nitrogen and oxygen atoms in total. The molecule has 0 spiro atoms. The van der Waals surface area contributed by atoms with E-state index in [0.717, 1.165) is 5.75 Å². The number of benzene rings is 2. The highest BCUT2D eigenvalue weighted by Crippen LogP contribution is 2.12. The van der Waals surface area contributed by atoms with Crippen molar-refractivity contribution in [3.8, 4) is 5.75 Å². The van der Waals surface area contributed by atoms with Gasteiger partial charge in [0, 0.05) is 11.8 Å². The molecule has 0 saturated carbocycles. The topological polar surface area (TPSA) is 113 Å². The lowest BCUT2D eigenvalue weighted by Crippen LogP contribution is -2.42. The standard InChI is InChI=1S/C19H18N4O4/c24-16(11-6-12-27-13-7-2-1-3-8-13)20-23-19(26)17-14-9-4-5-10-15(14)18(25)22-21-17/h1-5,7-10H,6,11-12H2,(H,20,24)(H,22,25)(H,23,26).